The topological polar surface area (TPSA) is 17.1 Å². The van der Waals surface area contributed by atoms with Gasteiger partial charge in [0, 0.05) is 0 Å². The van der Waals surface area contributed by atoms with E-state index in [1.165, 1.54) is 19.3 Å². The first-order chi connectivity index (χ1) is 6.27. The monoisotopic (exact) mass is 176 g/mol. The number of hydrogen-bond donors (Lipinski definition) is 0. The largest absolute Gasteiger partial charge is 0.295 e. The molecule has 0 aromatic carbocycles. The molecule has 0 amide bonds. The van der Waals surface area contributed by atoms with E-state index in [0.717, 1.165) is 17.9 Å². The molecule has 0 spiro atoms. The third kappa shape index (κ3) is 1.74. The van der Waals surface area contributed by atoms with Crippen LogP contribution in [0.1, 0.15) is 32.6 Å². The molecule has 2 rings (SSSR count). The number of allylic oxidation sites excluding steroid dienone is 4. The molecule has 2 atom stereocenters. The van der Waals surface area contributed by atoms with Crippen molar-refractivity contribution in [3.8, 4) is 0 Å². The van der Waals surface area contributed by atoms with Gasteiger partial charge in [-0.25, -0.2) is 0 Å². The zero-order chi connectivity index (χ0) is 9.26. The highest BCUT2D eigenvalue weighted by Crippen LogP contribution is 2.35. The Bertz CT molecular complexity index is 273. The predicted octanol–water partition coefficient (Wildman–Crippen LogP) is 2.88. The minimum Gasteiger partial charge on any atom is -0.295 e. The van der Waals surface area contributed by atoms with Gasteiger partial charge in [-0.15, -0.1) is 0 Å². The van der Waals surface area contributed by atoms with Crippen LogP contribution in [-0.2, 0) is 4.79 Å². The van der Waals surface area contributed by atoms with Crippen LogP contribution in [0.25, 0.3) is 0 Å². The molecule has 0 bridgehead atoms. The van der Waals surface area contributed by atoms with Crippen molar-refractivity contribution < 1.29 is 4.79 Å². The average Bonchev–Trinajstić information content (AvgIpc) is 2.17. The van der Waals surface area contributed by atoms with Crippen LogP contribution in [0.3, 0.4) is 0 Å². The number of carbonyl (C=O) groups excluding carboxylic acids is 1. The van der Waals surface area contributed by atoms with Gasteiger partial charge in [-0.05, 0) is 50.0 Å². The molecule has 70 valence electrons. The summed E-state index contributed by atoms with van der Waals surface area (Å²) < 4.78 is 0. The third-order valence-corrected chi connectivity index (χ3v) is 3.21. The van der Waals surface area contributed by atoms with Crippen molar-refractivity contribution in [2.45, 2.75) is 32.6 Å². The highest BCUT2D eigenvalue weighted by atomic mass is 16.1. The van der Waals surface area contributed by atoms with Crippen LogP contribution in [0.15, 0.2) is 23.8 Å². The fourth-order valence-corrected chi connectivity index (χ4v) is 2.39. The molecule has 2 aliphatic rings. The maximum Gasteiger partial charge on any atom is 0.155 e. The summed E-state index contributed by atoms with van der Waals surface area (Å²) >= 11 is 0. The van der Waals surface area contributed by atoms with Gasteiger partial charge < -0.3 is 0 Å². The van der Waals surface area contributed by atoms with Crippen LogP contribution >= 0.6 is 0 Å². The molecule has 0 aromatic rings. The summed E-state index contributed by atoms with van der Waals surface area (Å²) in [7, 11) is 0. The average molecular weight is 176 g/mol. The van der Waals surface area contributed by atoms with Gasteiger partial charge in [-0.3, -0.25) is 4.79 Å². The van der Waals surface area contributed by atoms with Gasteiger partial charge in [0.15, 0.2) is 5.78 Å². The normalized spacial score (nSPS) is 32.2. The van der Waals surface area contributed by atoms with Gasteiger partial charge in [0.2, 0.25) is 0 Å². The Morgan fingerprint density at radius 3 is 3.00 bits per heavy atom. The summed E-state index contributed by atoms with van der Waals surface area (Å²) in [6, 6.07) is 0. The van der Waals surface area contributed by atoms with Gasteiger partial charge in [0.25, 0.3) is 0 Å². The molecule has 0 N–H and O–H groups in total. The highest BCUT2D eigenvalue weighted by molar-refractivity contribution is 5.93. The molecule has 0 aliphatic heterocycles. The van der Waals surface area contributed by atoms with Crippen molar-refractivity contribution in [2.75, 3.05) is 0 Å². The van der Waals surface area contributed by atoms with Gasteiger partial charge >= 0.3 is 0 Å². The first-order valence-corrected chi connectivity index (χ1v) is 5.15. The van der Waals surface area contributed by atoms with Crippen molar-refractivity contribution >= 4 is 5.78 Å². The molecule has 0 unspecified atom stereocenters. The molecule has 0 saturated heterocycles. The highest BCUT2D eigenvalue weighted by Gasteiger charge is 2.25. The van der Waals surface area contributed by atoms with E-state index in [0.29, 0.717) is 5.92 Å². The van der Waals surface area contributed by atoms with Crippen LogP contribution in [0.4, 0.5) is 0 Å². The van der Waals surface area contributed by atoms with Crippen molar-refractivity contribution in [1.82, 2.24) is 0 Å². The van der Waals surface area contributed by atoms with E-state index in [1.807, 2.05) is 0 Å². The summed E-state index contributed by atoms with van der Waals surface area (Å²) in [5.74, 6) is 1.64. The lowest BCUT2D eigenvalue weighted by molar-refractivity contribution is -0.113. The molecule has 13 heavy (non-hydrogen) atoms. The summed E-state index contributed by atoms with van der Waals surface area (Å²) in [4.78, 5) is 11.2. The third-order valence-electron chi connectivity index (χ3n) is 3.21. The lowest BCUT2D eigenvalue weighted by atomic mass is 9.75. The molecule has 0 heterocycles. The second-order valence-corrected chi connectivity index (χ2v) is 4.12. The zero-order valence-corrected chi connectivity index (χ0v) is 8.12. The number of carbonyl (C=O) groups is 1. The van der Waals surface area contributed by atoms with E-state index in [1.54, 1.807) is 6.92 Å². The quantitative estimate of drug-likeness (QED) is 0.561. The van der Waals surface area contributed by atoms with Crippen molar-refractivity contribution in [3.05, 3.63) is 23.8 Å². The van der Waals surface area contributed by atoms with Crippen molar-refractivity contribution in [1.29, 1.82) is 0 Å². The predicted molar refractivity (Wildman–Crippen MR) is 53.4 cm³/mol. The summed E-state index contributed by atoms with van der Waals surface area (Å²) in [5.41, 5.74) is 1.07. The molecule has 0 radical (unpaired) electrons. The summed E-state index contributed by atoms with van der Waals surface area (Å²) in [5, 5.41) is 0. The summed E-state index contributed by atoms with van der Waals surface area (Å²) in [6.07, 6.45) is 11.4. The fraction of sp³-hybridized carbons (Fsp3) is 0.583. The second-order valence-electron chi connectivity index (χ2n) is 4.12. The Balaban J connectivity index is 2.17. The Labute approximate surface area is 79.5 Å². The lowest BCUT2D eigenvalue weighted by Crippen LogP contribution is -2.20. The molecule has 0 saturated carbocycles. The number of fused-ring (bicyclic) bond motifs is 1. The number of Topliss-reactive ketones (excluding diaryl/α,β-unsaturated/α-hetero) is 1. The molecule has 0 aromatic heterocycles. The minimum absolute atomic E-state index is 0.271. The molecular weight excluding hydrogens is 160 g/mol. The molecule has 0 fully saturated rings. The first-order valence-electron chi connectivity index (χ1n) is 5.15. The smallest absolute Gasteiger partial charge is 0.155 e. The van der Waals surface area contributed by atoms with E-state index in [-0.39, 0.29) is 5.78 Å². The number of ketones is 1. The van der Waals surface area contributed by atoms with Crippen LogP contribution < -0.4 is 0 Å². The number of rotatable bonds is 1. The standard InChI is InChI=1S/C12H16O/c1-9(13)11-7-6-10-4-2-3-5-12(10)8-11/h2,4,8,10,12H,3,5-7H2,1H3/t10-,12+/m0/s1. The summed E-state index contributed by atoms with van der Waals surface area (Å²) in [6.45, 7) is 1.69. The van der Waals surface area contributed by atoms with E-state index in [2.05, 4.69) is 18.2 Å². The number of hydrogen-bond acceptors (Lipinski definition) is 1. The van der Waals surface area contributed by atoms with Gasteiger partial charge in [-0.2, -0.15) is 0 Å². The SMILES string of the molecule is CC(=O)C1=C[C@H]2CCC=C[C@H]2CC1. The minimum atomic E-state index is 0.271. The maximum absolute atomic E-state index is 11.2. The van der Waals surface area contributed by atoms with Gasteiger partial charge in [0.05, 0.1) is 0 Å². The second kappa shape index (κ2) is 3.49. The Hall–Kier alpha value is -0.850. The van der Waals surface area contributed by atoms with Crippen LogP contribution in [0, 0.1) is 11.8 Å². The van der Waals surface area contributed by atoms with E-state index < -0.39 is 0 Å². The molecule has 1 nitrogen and oxygen atoms in total. The van der Waals surface area contributed by atoms with Crippen molar-refractivity contribution in [3.63, 3.8) is 0 Å². The molecular formula is C12H16O. The van der Waals surface area contributed by atoms with E-state index in [9.17, 15) is 4.79 Å². The van der Waals surface area contributed by atoms with E-state index >= 15 is 0 Å². The van der Waals surface area contributed by atoms with Crippen LogP contribution in [0.2, 0.25) is 0 Å². The molecule has 1 heteroatoms. The Kier molecular flexibility index (Phi) is 2.34. The molecule has 2 aliphatic carbocycles. The van der Waals surface area contributed by atoms with E-state index in [4.69, 9.17) is 0 Å². The van der Waals surface area contributed by atoms with Crippen molar-refractivity contribution in [2.24, 2.45) is 11.8 Å². The van der Waals surface area contributed by atoms with Crippen LogP contribution in [-0.4, -0.2) is 5.78 Å². The fourth-order valence-electron chi connectivity index (χ4n) is 2.39. The van der Waals surface area contributed by atoms with Gasteiger partial charge in [0.1, 0.15) is 0 Å². The Morgan fingerprint density at radius 1 is 1.38 bits per heavy atom. The Morgan fingerprint density at radius 2 is 2.23 bits per heavy atom. The zero-order valence-electron chi connectivity index (χ0n) is 8.12. The van der Waals surface area contributed by atoms with Gasteiger partial charge in [-0.1, -0.05) is 18.2 Å². The maximum atomic E-state index is 11.2. The van der Waals surface area contributed by atoms with Crippen LogP contribution in [0.5, 0.6) is 0 Å². The lowest BCUT2D eigenvalue weighted by Gasteiger charge is -2.29. The first kappa shape index (κ1) is 8.74.